The van der Waals surface area contributed by atoms with Crippen LogP contribution in [-0.2, 0) is 4.79 Å². The van der Waals surface area contributed by atoms with E-state index in [2.05, 4.69) is 15.6 Å². The van der Waals surface area contributed by atoms with Crippen molar-refractivity contribution in [2.24, 2.45) is 5.92 Å². The number of hydrogen-bond acceptors (Lipinski definition) is 4. The molecule has 1 aromatic rings. The summed E-state index contributed by atoms with van der Waals surface area (Å²) in [5.74, 6) is 3.76. The van der Waals surface area contributed by atoms with Crippen LogP contribution in [0, 0.1) is 5.92 Å². The lowest BCUT2D eigenvalue weighted by Crippen LogP contribution is -2.43. The minimum absolute atomic E-state index is 0.203. The third-order valence-electron chi connectivity index (χ3n) is 4.62. The summed E-state index contributed by atoms with van der Waals surface area (Å²) in [6.07, 6.45) is 8.25. The van der Waals surface area contributed by atoms with Crippen LogP contribution in [0.25, 0.3) is 0 Å². The van der Waals surface area contributed by atoms with Gasteiger partial charge in [0.15, 0.2) is 0 Å². The van der Waals surface area contributed by atoms with E-state index in [1.807, 2.05) is 36.2 Å². The van der Waals surface area contributed by atoms with Crippen molar-refractivity contribution in [2.75, 3.05) is 16.8 Å². The Hall–Kier alpha value is -1.23. The number of thioether (sulfide) groups is 1. The Kier molecular flexibility index (Phi) is 5.59. The molecule has 2 heterocycles. The summed E-state index contributed by atoms with van der Waals surface area (Å²) in [4.78, 5) is 16.7. The summed E-state index contributed by atoms with van der Waals surface area (Å²) in [5, 5.41) is 6.74. The van der Waals surface area contributed by atoms with Gasteiger partial charge in [-0.15, -0.1) is 0 Å². The predicted molar refractivity (Wildman–Crippen MR) is 92.1 cm³/mol. The Balaban J connectivity index is 1.42. The number of nitrogens with one attached hydrogen (secondary N) is 2. The van der Waals surface area contributed by atoms with Crippen LogP contribution in [0.5, 0.6) is 0 Å². The highest BCUT2D eigenvalue weighted by Gasteiger charge is 2.28. The van der Waals surface area contributed by atoms with Crippen molar-refractivity contribution in [1.29, 1.82) is 0 Å². The van der Waals surface area contributed by atoms with Gasteiger partial charge in [-0.2, -0.15) is 11.8 Å². The Morgan fingerprint density at radius 1 is 1.14 bits per heavy atom. The Labute approximate surface area is 136 Å². The molecule has 0 aromatic carbocycles. The fourth-order valence-electron chi connectivity index (χ4n) is 3.33. The van der Waals surface area contributed by atoms with Crippen molar-refractivity contribution in [3.05, 3.63) is 24.4 Å². The molecular weight excluding hydrogens is 294 g/mol. The van der Waals surface area contributed by atoms with Gasteiger partial charge in [-0.25, -0.2) is 4.98 Å². The molecule has 1 amide bonds. The molecule has 1 aromatic heterocycles. The lowest BCUT2D eigenvalue weighted by Gasteiger charge is -2.30. The van der Waals surface area contributed by atoms with Gasteiger partial charge >= 0.3 is 0 Å². The maximum absolute atomic E-state index is 12.4. The second kappa shape index (κ2) is 7.86. The molecule has 2 N–H and O–H groups in total. The van der Waals surface area contributed by atoms with Crippen molar-refractivity contribution in [2.45, 2.75) is 50.6 Å². The van der Waals surface area contributed by atoms with Gasteiger partial charge in [0.25, 0.3) is 0 Å². The van der Waals surface area contributed by atoms with Crippen molar-refractivity contribution in [3.8, 4) is 0 Å². The first kappa shape index (κ1) is 15.7. The van der Waals surface area contributed by atoms with Gasteiger partial charge in [0.05, 0.1) is 0 Å². The molecule has 4 nitrogen and oxygen atoms in total. The van der Waals surface area contributed by atoms with Crippen molar-refractivity contribution in [1.82, 2.24) is 10.3 Å². The van der Waals surface area contributed by atoms with Gasteiger partial charge in [0.1, 0.15) is 5.82 Å². The molecule has 1 saturated carbocycles. The number of pyridine rings is 1. The number of hydrogen-bond donors (Lipinski definition) is 2. The van der Waals surface area contributed by atoms with E-state index in [1.54, 1.807) is 0 Å². The Bertz CT molecular complexity index is 468. The van der Waals surface area contributed by atoms with Crippen molar-refractivity contribution >= 4 is 23.5 Å². The van der Waals surface area contributed by atoms with Crippen LogP contribution in [0.15, 0.2) is 24.4 Å². The quantitative estimate of drug-likeness (QED) is 0.895. The number of rotatable bonds is 4. The minimum Gasteiger partial charge on any atom is -0.367 e. The third-order valence-corrected chi connectivity index (χ3v) is 5.84. The minimum atomic E-state index is 0.203. The molecule has 1 aliphatic carbocycles. The van der Waals surface area contributed by atoms with Gasteiger partial charge in [0.2, 0.25) is 5.91 Å². The number of anilines is 1. The average Bonchev–Trinajstić information content (AvgIpc) is 2.57. The van der Waals surface area contributed by atoms with E-state index in [1.165, 1.54) is 12.2 Å². The van der Waals surface area contributed by atoms with Crippen LogP contribution >= 0.6 is 11.8 Å². The summed E-state index contributed by atoms with van der Waals surface area (Å²) in [6, 6.07) is 6.77. The number of nitrogens with zero attached hydrogens (tertiary/aromatic N) is 1. The van der Waals surface area contributed by atoms with E-state index in [-0.39, 0.29) is 11.8 Å². The van der Waals surface area contributed by atoms with Crippen LogP contribution < -0.4 is 10.6 Å². The molecule has 1 saturated heterocycles. The zero-order valence-corrected chi connectivity index (χ0v) is 13.8. The van der Waals surface area contributed by atoms with Gasteiger partial charge in [-0.3, -0.25) is 4.79 Å². The summed E-state index contributed by atoms with van der Waals surface area (Å²) >= 11 is 1.96. The molecule has 22 heavy (non-hydrogen) atoms. The van der Waals surface area contributed by atoms with Gasteiger partial charge in [-0.05, 0) is 56.4 Å². The van der Waals surface area contributed by atoms with Gasteiger partial charge in [-0.1, -0.05) is 6.07 Å². The first-order valence-electron chi connectivity index (χ1n) is 8.37. The Morgan fingerprint density at radius 2 is 2.00 bits per heavy atom. The van der Waals surface area contributed by atoms with E-state index in [0.29, 0.717) is 12.1 Å². The fourth-order valence-corrected chi connectivity index (χ4v) is 4.40. The molecule has 5 heteroatoms. The zero-order valence-electron chi connectivity index (χ0n) is 13.0. The smallest absolute Gasteiger partial charge is 0.223 e. The van der Waals surface area contributed by atoms with E-state index in [4.69, 9.17) is 0 Å². The highest BCUT2D eigenvalue weighted by Crippen LogP contribution is 2.27. The van der Waals surface area contributed by atoms with E-state index in [0.717, 1.165) is 43.7 Å². The molecule has 3 rings (SSSR count). The fraction of sp³-hybridized carbons (Fsp3) is 0.647. The summed E-state index contributed by atoms with van der Waals surface area (Å²) in [5.41, 5.74) is 0. The van der Waals surface area contributed by atoms with Gasteiger partial charge in [0, 0.05) is 30.0 Å². The SMILES string of the molecule is O=C(NC1CCCSC1)C1CCC(Nc2ccccn2)CC1. The largest absolute Gasteiger partial charge is 0.367 e. The molecule has 2 aliphatic rings. The van der Waals surface area contributed by atoms with Gasteiger partial charge < -0.3 is 10.6 Å². The molecular formula is C17H25N3OS. The lowest BCUT2D eigenvalue weighted by molar-refractivity contribution is -0.126. The van der Waals surface area contributed by atoms with Crippen molar-refractivity contribution in [3.63, 3.8) is 0 Å². The highest BCUT2D eigenvalue weighted by atomic mass is 32.2. The first-order chi connectivity index (χ1) is 10.8. The first-order valence-corrected chi connectivity index (χ1v) is 9.52. The molecule has 2 fully saturated rings. The molecule has 1 atom stereocenters. The number of aromatic nitrogens is 1. The maximum atomic E-state index is 12.4. The normalized spacial score (nSPS) is 28.8. The Morgan fingerprint density at radius 3 is 2.68 bits per heavy atom. The summed E-state index contributed by atoms with van der Waals surface area (Å²) in [7, 11) is 0. The van der Waals surface area contributed by atoms with E-state index >= 15 is 0 Å². The summed E-state index contributed by atoms with van der Waals surface area (Å²) in [6.45, 7) is 0. The zero-order chi connectivity index (χ0) is 15.2. The number of carbonyl (C=O) groups is 1. The number of amides is 1. The lowest BCUT2D eigenvalue weighted by atomic mass is 9.85. The number of carbonyl (C=O) groups excluding carboxylic acids is 1. The third kappa shape index (κ3) is 4.38. The topological polar surface area (TPSA) is 54.0 Å². The summed E-state index contributed by atoms with van der Waals surface area (Å²) < 4.78 is 0. The van der Waals surface area contributed by atoms with E-state index < -0.39 is 0 Å². The van der Waals surface area contributed by atoms with Crippen LogP contribution in [0.4, 0.5) is 5.82 Å². The van der Waals surface area contributed by atoms with Crippen LogP contribution in [-0.4, -0.2) is 34.5 Å². The second-order valence-corrected chi connectivity index (χ2v) is 7.48. The monoisotopic (exact) mass is 319 g/mol. The molecule has 0 spiro atoms. The van der Waals surface area contributed by atoms with Crippen LogP contribution in [0.1, 0.15) is 38.5 Å². The molecule has 1 unspecified atom stereocenters. The van der Waals surface area contributed by atoms with Crippen LogP contribution in [0.3, 0.4) is 0 Å². The average molecular weight is 319 g/mol. The maximum Gasteiger partial charge on any atom is 0.223 e. The highest BCUT2D eigenvalue weighted by molar-refractivity contribution is 7.99. The van der Waals surface area contributed by atoms with Crippen LogP contribution in [0.2, 0.25) is 0 Å². The van der Waals surface area contributed by atoms with Crippen molar-refractivity contribution < 1.29 is 4.79 Å². The predicted octanol–water partition coefficient (Wildman–Crippen LogP) is 3.06. The second-order valence-electron chi connectivity index (χ2n) is 6.33. The molecule has 0 radical (unpaired) electrons. The van der Waals surface area contributed by atoms with E-state index in [9.17, 15) is 4.79 Å². The molecule has 0 bridgehead atoms. The molecule has 1 aliphatic heterocycles. The standard InChI is InChI=1S/C17H25N3OS/c21-17(20-15-4-3-11-22-12-15)13-6-8-14(9-7-13)19-16-5-1-2-10-18-16/h1-2,5,10,13-15H,3-4,6-9,11-12H2,(H,18,19)(H,20,21). The molecule has 120 valence electrons.